The molecular formula is C19H20O4. The van der Waals surface area contributed by atoms with Crippen molar-refractivity contribution in [2.75, 3.05) is 7.11 Å². The van der Waals surface area contributed by atoms with Gasteiger partial charge in [-0.05, 0) is 35.2 Å². The number of benzene rings is 2. The van der Waals surface area contributed by atoms with Crippen LogP contribution < -0.4 is 4.74 Å². The average molecular weight is 312 g/mol. The maximum Gasteiger partial charge on any atom is 0.336 e. The Morgan fingerprint density at radius 3 is 2.30 bits per heavy atom. The molecule has 4 nitrogen and oxygen atoms in total. The lowest BCUT2D eigenvalue weighted by Gasteiger charge is -2.21. The maximum atomic E-state index is 11.6. The Morgan fingerprint density at radius 1 is 1.09 bits per heavy atom. The summed E-state index contributed by atoms with van der Waals surface area (Å²) >= 11 is 0. The molecule has 0 bridgehead atoms. The van der Waals surface area contributed by atoms with Gasteiger partial charge in [-0.15, -0.1) is 0 Å². The first-order valence-electron chi connectivity index (χ1n) is 7.29. The lowest BCUT2D eigenvalue weighted by atomic mass is 9.84. The van der Waals surface area contributed by atoms with Gasteiger partial charge in [0.05, 0.1) is 12.7 Å². The smallest absolute Gasteiger partial charge is 0.336 e. The van der Waals surface area contributed by atoms with Crippen LogP contribution in [0, 0.1) is 0 Å². The van der Waals surface area contributed by atoms with Crippen molar-refractivity contribution in [3.8, 4) is 16.9 Å². The number of carboxylic acid groups (broad SMARTS) is 1. The number of hydrogen-bond acceptors (Lipinski definition) is 3. The number of carboxylic acids is 1. The van der Waals surface area contributed by atoms with E-state index in [9.17, 15) is 14.7 Å². The molecule has 23 heavy (non-hydrogen) atoms. The molecule has 0 saturated heterocycles. The monoisotopic (exact) mass is 312 g/mol. The van der Waals surface area contributed by atoms with E-state index in [-0.39, 0.29) is 11.0 Å². The van der Waals surface area contributed by atoms with E-state index in [1.807, 2.05) is 12.1 Å². The molecule has 0 unspecified atom stereocenters. The predicted molar refractivity (Wildman–Crippen MR) is 89.5 cm³/mol. The molecule has 0 fully saturated rings. The zero-order valence-corrected chi connectivity index (χ0v) is 13.7. The van der Waals surface area contributed by atoms with Crippen molar-refractivity contribution < 1.29 is 19.4 Å². The van der Waals surface area contributed by atoms with Crippen LogP contribution in [0.3, 0.4) is 0 Å². The van der Waals surface area contributed by atoms with Crippen LogP contribution in [0.2, 0.25) is 0 Å². The van der Waals surface area contributed by atoms with Crippen molar-refractivity contribution in [2.45, 2.75) is 26.2 Å². The van der Waals surface area contributed by atoms with Gasteiger partial charge < -0.3 is 9.84 Å². The second-order valence-corrected chi connectivity index (χ2v) is 6.39. The number of rotatable bonds is 4. The van der Waals surface area contributed by atoms with E-state index in [1.54, 1.807) is 24.3 Å². The van der Waals surface area contributed by atoms with Gasteiger partial charge in [0, 0.05) is 16.7 Å². The minimum Gasteiger partial charge on any atom is -0.496 e. The number of aromatic carboxylic acids is 1. The lowest BCUT2D eigenvalue weighted by molar-refractivity contribution is 0.0697. The maximum absolute atomic E-state index is 11.6. The summed E-state index contributed by atoms with van der Waals surface area (Å²) in [5.74, 6) is -0.523. The van der Waals surface area contributed by atoms with Crippen molar-refractivity contribution in [3.63, 3.8) is 0 Å². The molecule has 0 aliphatic rings. The fraction of sp³-hybridized carbons (Fsp3) is 0.263. The number of ether oxygens (including phenoxy) is 1. The normalized spacial score (nSPS) is 11.1. The zero-order valence-electron chi connectivity index (χ0n) is 13.7. The standard InChI is InChI=1S/C19H20O4/c1-19(2,3)13-6-8-15(18(21)22)16(10-13)14-7-5-12(11-20)9-17(14)23-4/h5-11H,1-4H3,(H,21,22). The lowest BCUT2D eigenvalue weighted by Crippen LogP contribution is -2.12. The fourth-order valence-corrected chi connectivity index (χ4v) is 2.42. The molecule has 0 aliphatic heterocycles. The molecule has 0 aliphatic carbocycles. The summed E-state index contributed by atoms with van der Waals surface area (Å²) in [7, 11) is 1.50. The van der Waals surface area contributed by atoms with Crippen LogP contribution >= 0.6 is 0 Å². The van der Waals surface area contributed by atoms with Crippen molar-refractivity contribution in [1.29, 1.82) is 0 Å². The molecule has 0 radical (unpaired) electrons. The molecule has 2 aromatic rings. The van der Waals surface area contributed by atoms with Gasteiger partial charge in [0.2, 0.25) is 0 Å². The van der Waals surface area contributed by atoms with Gasteiger partial charge in [-0.2, -0.15) is 0 Å². The molecule has 120 valence electrons. The molecule has 0 amide bonds. The van der Waals surface area contributed by atoms with Crippen molar-refractivity contribution in [2.24, 2.45) is 0 Å². The Kier molecular flexibility index (Phi) is 4.55. The van der Waals surface area contributed by atoms with Gasteiger partial charge in [0.15, 0.2) is 0 Å². The van der Waals surface area contributed by atoms with E-state index in [4.69, 9.17) is 4.74 Å². The van der Waals surface area contributed by atoms with E-state index in [2.05, 4.69) is 20.8 Å². The topological polar surface area (TPSA) is 63.6 Å². The summed E-state index contributed by atoms with van der Waals surface area (Å²) in [6, 6.07) is 10.3. The van der Waals surface area contributed by atoms with Gasteiger partial charge in [0.25, 0.3) is 0 Å². The van der Waals surface area contributed by atoms with Gasteiger partial charge >= 0.3 is 5.97 Å². The van der Waals surface area contributed by atoms with Crippen molar-refractivity contribution in [3.05, 3.63) is 53.1 Å². The fourth-order valence-electron chi connectivity index (χ4n) is 2.42. The first-order valence-corrected chi connectivity index (χ1v) is 7.29. The minimum atomic E-state index is -0.998. The van der Waals surface area contributed by atoms with Gasteiger partial charge in [-0.1, -0.05) is 32.9 Å². The molecule has 0 heterocycles. The van der Waals surface area contributed by atoms with Gasteiger partial charge in [-0.3, -0.25) is 4.79 Å². The Labute approximate surface area is 135 Å². The molecule has 0 atom stereocenters. The second-order valence-electron chi connectivity index (χ2n) is 6.39. The van der Waals surface area contributed by atoms with Crippen LogP contribution in [0.4, 0.5) is 0 Å². The molecule has 0 spiro atoms. The quantitative estimate of drug-likeness (QED) is 0.861. The number of methoxy groups -OCH3 is 1. The predicted octanol–water partition coefficient (Wildman–Crippen LogP) is 4.17. The van der Waals surface area contributed by atoms with E-state index in [1.165, 1.54) is 7.11 Å². The SMILES string of the molecule is COc1cc(C=O)ccc1-c1cc(C(C)(C)C)ccc1C(=O)O. The third-order valence-electron chi connectivity index (χ3n) is 3.77. The van der Waals surface area contributed by atoms with Crippen LogP contribution in [-0.2, 0) is 5.41 Å². The van der Waals surface area contributed by atoms with E-state index in [0.29, 0.717) is 22.4 Å². The number of carbonyl (C=O) groups excluding carboxylic acids is 1. The van der Waals surface area contributed by atoms with Crippen LogP contribution in [0.15, 0.2) is 36.4 Å². The highest BCUT2D eigenvalue weighted by atomic mass is 16.5. The first-order chi connectivity index (χ1) is 10.8. The molecule has 4 heteroatoms. The molecule has 0 saturated carbocycles. The summed E-state index contributed by atoms with van der Waals surface area (Å²) in [6.07, 6.45) is 0.732. The Hall–Kier alpha value is -2.62. The van der Waals surface area contributed by atoms with Crippen molar-refractivity contribution in [1.82, 2.24) is 0 Å². The number of carbonyl (C=O) groups is 2. The summed E-state index contributed by atoms with van der Waals surface area (Å²) in [5, 5.41) is 9.49. The Morgan fingerprint density at radius 2 is 1.78 bits per heavy atom. The van der Waals surface area contributed by atoms with E-state index in [0.717, 1.165) is 11.8 Å². The molecule has 1 N–H and O–H groups in total. The number of aldehydes is 1. The van der Waals surface area contributed by atoms with Gasteiger partial charge in [-0.25, -0.2) is 4.79 Å². The summed E-state index contributed by atoms with van der Waals surface area (Å²) in [5.41, 5.74) is 2.84. The third-order valence-corrected chi connectivity index (χ3v) is 3.77. The molecule has 2 rings (SSSR count). The average Bonchev–Trinajstić information content (AvgIpc) is 2.52. The highest BCUT2D eigenvalue weighted by Gasteiger charge is 2.20. The van der Waals surface area contributed by atoms with Crippen LogP contribution in [-0.4, -0.2) is 24.5 Å². The van der Waals surface area contributed by atoms with Crippen LogP contribution in [0.5, 0.6) is 5.75 Å². The third kappa shape index (κ3) is 3.42. The summed E-state index contributed by atoms with van der Waals surface area (Å²) < 4.78 is 5.35. The zero-order chi connectivity index (χ0) is 17.2. The largest absolute Gasteiger partial charge is 0.496 e. The van der Waals surface area contributed by atoms with Crippen LogP contribution in [0.1, 0.15) is 47.1 Å². The highest BCUT2D eigenvalue weighted by Crippen LogP contribution is 2.36. The first kappa shape index (κ1) is 16.7. The summed E-state index contributed by atoms with van der Waals surface area (Å²) in [4.78, 5) is 22.5. The van der Waals surface area contributed by atoms with Crippen molar-refractivity contribution >= 4 is 12.3 Å². The van der Waals surface area contributed by atoms with E-state index >= 15 is 0 Å². The molecule has 2 aromatic carbocycles. The van der Waals surface area contributed by atoms with Crippen LogP contribution in [0.25, 0.3) is 11.1 Å². The second kappa shape index (κ2) is 6.24. The molecular weight excluding hydrogens is 292 g/mol. The summed E-state index contributed by atoms with van der Waals surface area (Å²) in [6.45, 7) is 6.21. The van der Waals surface area contributed by atoms with Gasteiger partial charge in [0.1, 0.15) is 12.0 Å². The highest BCUT2D eigenvalue weighted by molar-refractivity contribution is 5.97. The Balaban J connectivity index is 2.74. The molecule has 0 aromatic heterocycles. The Bertz CT molecular complexity index is 754. The minimum absolute atomic E-state index is 0.109. The number of hydrogen-bond donors (Lipinski definition) is 1. The van der Waals surface area contributed by atoms with E-state index < -0.39 is 5.97 Å².